The SMILES string of the molecule is N#Cc1cc2c(nc1SCCC(=O)OCC(=O)c1ccc3c(c1)-c1ccccc1C3)CCC2. The molecule has 2 aliphatic rings. The molecular weight excluding hydrogens is 432 g/mol. The molecule has 0 saturated carbocycles. The molecular formula is C27H22N2O3S. The van der Waals surface area contributed by atoms with Crippen LogP contribution in [0.5, 0.6) is 0 Å². The second-order valence-corrected chi connectivity index (χ2v) is 9.38. The maximum absolute atomic E-state index is 12.6. The molecule has 0 N–H and O–H groups in total. The van der Waals surface area contributed by atoms with Gasteiger partial charge in [0.25, 0.3) is 0 Å². The van der Waals surface area contributed by atoms with Gasteiger partial charge in [0.2, 0.25) is 0 Å². The van der Waals surface area contributed by atoms with Crippen molar-refractivity contribution in [2.45, 2.75) is 37.1 Å². The van der Waals surface area contributed by atoms with Gasteiger partial charge in [-0.05, 0) is 65.6 Å². The Labute approximate surface area is 196 Å². The van der Waals surface area contributed by atoms with Crippen molar-refractivity contribution in [3.05, 3.63) is 82.0 Å². The first-order chi connectivity index (χ1) is 16.1. The number of hydrogen-bond donors (Lipinski definition) is 0. The first-order valence-corrected chi connectivity index (χ1v) is 12.1. The summed E-state index contributed by atoms with van der Waals surface area (Å²) in [5.74, 6) is -0.194. The Hall–Kier alpha value is -3.43. The number of aryl methyl sites for hydroxylation is 2. The number of Topliss-reactive ketones (excluding diaryl/α,β-unsaturated/α-hetero) is 1. The number of hydrogen-bond acceptors (Lipinski definition) is 6. The molecule has 0 bridgehead atoms. The number of ether oxygens (including phenoxy) is 1. The number of ketones is 1. The van der Waals surface area contributed by atoms with Gasteiger partial charge in [-0.2, -0.15) is 5.26 Å². The van der Waals surface area contributed by atoms with Gasteiger partial charge in [0.1, 0.15) is 11.1 Å². The van der Waals surface area contributed by atoms with Crippen molar-refractivity contribution in [3.8, 4) is 17.2 Å². The van der Waals surface area contributed by atoms with E-state index in [9.17, 15) is 14.9 Å². The van der Waals surface area contributed by atoms with Crippen molar-refractivity contribution in [3.63, 3.8) is 0 Å². The molecule has 0 saturated heterocycles. The first-order valence-electron chi connectivity index (χ1n) is 11.1. The molecule has 5 nitrogen and oxygen atoms in total. The lowest BCUT2D eigenvalue weighted by Gasteiger charge is -2.08. The standard InChI is InChI=1S/C27H22N2O3S/c28-15-21-13-19-5-3-7-24(19)29-27(21)33-11-10-26(31)32-16-25(30)20-9-8-18-12-17-4-1-2-6-22(17)23(18)14-20/h1-2,4,6,8-9,13-14H,3,5,7,10-12,16H2. The highest BCUT2D eigenvalue weighted by Gasteiger charge is 2.20. The third kappa shape index (κ3) is 4.42. The lowest BCUT2D eigenvalue weighted by atomic mass is 10.0. The Morgan fingerprint density at radius 3 is 2.76 bits per heavy atom. The minimum atomic E-state index is -0.429. The number of aromatic nitrogens is 1. The fraction of sp³-hybridized carbons (Fsp3) is 0.259. The zero-order chi connectivity index (χ0) is 22.8. The lowest BCUT2D eigenvalue weighted by molar-refractivity contribution is -0.141. The van der Waals surface area contributed by atoms with Gasteiger partial charge in [-0.1, -0.05) is 36.4 Å². The van der Waals surface area contributed by atoms with Crippen LogP contribution in [0.25, 0.3) is 11.1 Å². The van der Waals surface area contributed by atoms with E-state index in [0.29, 0.717) is 21.9 Å². The average Bonchev–Trinajstić information content (AvgIpc) is 3.45. The Morgan fingerprint density at radius 2 is 1.88 bits per heavy atom. The van der Waals surface area contributed by atoms with Crippen LogP contribution in [0.1, 0.15) is 51.1 Å². The molecule has 3 aromatic rings. The van der Waals surface area contributed by atoms with E-state index in [4.69, 9.17) is 4.74 Å². The molecule has 0 atom stereocenters. The summed E-state index contributed by atoms with van der Waals surface area (Å²) in [7, 11) is 0. The monoisotopic (exact) mass is 454 g/mol. The molecule has 0 radical (unpaired) electrons. The van der Waals surface area contributed by atoms with E-state index >= 15 is 0 Å². The number of nitrogens with zero attached hydrogens (tertiary/aromatic N) is 2. The predicted molar refractivity (Wildman–Crippen MR) is 126 cm³/mol. The minimum Gasteiger partial charge on any atom is -0.457 e. The molecule has 2 aliphatic carbocycles. The molecule has 0 amide bonds. The molecule has 33 heavy (non-hydrogen) atoms. The van der Waals surface area contributed by atoms with Crippen molar-refractivity contribution in [1.29, 1.82) is 5.26 Å². The van der Waals surface area contributed by atoms with Crippen molar-refractivity contribution in [2.24, 2.45) is 0 Å². The molecule has 1 heterocycles. The normalized spacial score (nSPS) is 13.1. The van der Waals surface area contributed by atoms with Crippen LogP contribution in [0.2, 0.25) is 0 Å². The largest absolute Gasteiger partial charge is 0.457 e. The molecule has 5 rings (SSSR count). The van der Waals surface area contributed by atoms with Crippen molar-refractivity contribution < 1.29 is 14.3 Å². The van der Waals surface area contributed by atoms with Gasteiger partial charge in [0, 0.05) is 17.0 Å². The van der Waals surface area contributed by atoms with Crippen molar-refractivity contribution in [1.82, 2.24) is 4.98 Å². The fourth-order valence-corrected chi connectivity index (χ4v) is 5.37. The van der Waals surface area contributed by atoms with E-state index in [0.717, 1.165) is 48.1 Å². The highest BCUT2D eigenvalue weighted by atomic mass is 32.2. The molecule has 2 aromatic carbocycles. The highest BCUT2D eigenvalue weighted by Crippen LogP contribution is 2.37. The van der Waals surface area contributed by atoms with Crippen LogP contribution in [-0.4, -0.2) is 29.1 Å². The molecule has 6 heteroatoms. The number of carbonyl (C=O) groups excluding carboxylic acids is 2. The molecule has 0 fully saturated rings. The van der Waals surface area contributed by atoms with Gasteiger partial charge < -0.3 is 4.74 Å². The molecule has 0 aliphatic heterocycles. The fourth-order valence-electron chi connectivity index (χ4n) is 4.47. The molecule has 164 valence electrons. The Morgan fingerprint density at radius 1 is 1.03 bits per heavy atom. The Bertz CT molecular complexity index is 1310. The topological polar surface area (TPSA) is 80.1 Å². The summed E-state index contributed by atoms with van der Waals surface area (Å²) in [5, 5.41) is 10.1. The van der Waals surface area contributed by atoms with E-state index in [1.807, 2.05) is 30.3 Å². The highest BCUT2D eigenvalue weighted by molar-refractivity contribution is 7.99. The summed E-state index contributed by atoms with van der Waals surface area (Å²) in [4.78, 5) is 29.4. The first kappa shape index (κ1) is 21.4. The van der Waals surface area contributed by atoms with E-state index in [1.54, 1.807) is 6.07 Å². The zero-order valence-corrected chi connectivity index (χ0v) is 18.9. The summed E-state index contributed by atoms with van der Waals surface area (Å²) in [6, 6.07) is 18.0. The molecule has 0 unspecified atom stereocenters. The van der Waals surface area contributed by atoms with Crippen LogP contribution in [-0.2, 0) is 28.8 Å². The van der Waals surface area contributed by atoms with E-state index in [2.05, 4.69) is 23.2 Å². The van der Waals surface area contributed by atoms with Crippen LogP contribution in [0, 0.1) is 11.3 Å². The quantitative estimate of drug-likeness (QED) is 0.224. The zero-order valence-electron chi connectivity index (χ0n) is 18.1. The number of thioether (sulfide) groups is 1. The number of rotatable bonds is 7. The predicted octanol–water partition coefficient (Wildman–Crippen LogP) is 4.92. The van der Waals surface area contributed by atoms with Crippen LogP contribution in [0.4, 0.5) is 0 Å². The number of fused-ring (bicyclic) bond motifs is 4. The van der Waals surface area contributed by atoms with Crippen LogP contribution < -0.4 is 0 Å². The Kier molecular flexibility index (Phi) is 5.97. The average molecular weight is 455 g/mol. The van der Waals surface area contributed by atoms with E-state index < -0.39 is 5.97 Å². The molecule has 0 spiro atoms. The van der Waals surface area contributed by atoms with Crippen molar-refractivity contribution in [2.75, 3.05) is 12.4 Å². The van der Waals surface area contributed by atoms with Gasteiger partial charge in [-0.25, -0.2) is 4.98 Å². The van der Waals surface area contributed by atoms with Crippen LogP contribution >= 0.6 is 11.8 Å². The van der Waals surface area contributed by atoms with Crippen LogP contribution in [0.15, 0.2) is 53.6 Å². The van der Waals surface area contributed by atoms with E-state index in [1.165, 1.54) is 22.9 Å². The lowest BCUT2D eigenvalue weighted by Crippen LogP contribution is -2.14. The van der Waals surface area contributed by atoms with Gasteiger partial charge in [-0.15, -0.1) is 11.8 Å². The maximum atomic E-state index is 12.6. The number of esters is 1. The van der Waals surface area contributed by atoms with Gasteiger partial charge >= 0.3 is 5.97 Å². The van der Waals surface area contributed by atoms with Gasteiger partial charge in [0.15, 0.2) is 12.4 Å². The van der Waals surface area contributed by atoms with Crippen molar-refractivity contribution >= 4 is 23.5 Å². The van der Waals surface area contributed by atoms with Crippen LogP contribution in [0.3, 0.4) is 0 Å². The third-order valence-corrected chi connectivity index (χ3v) is 7.16. The third-order valence-electron chi connectivity index (χ3n) is 6.17. The minimum absolute atomic E-state index is 0.152. The number of benzene rings is 2. The number of nitriles is 1. The Balaban J connectivity index is 1.14. The molecule has 1 aromatic heterocycles. The maximum Gasteiger partial charge on any atom is 0.307 e. The smallest absolute Gasteiger partial charge is 0.307 e. The second kappa shape index (κ2) is 9.21. The summed E-state index contributed by atoms with van der Waals surface area (Å²) in [6.07, 6.45) is 4.00. The second-order valence-electron chi connectivity index (χ2n) is 8.30. The summed E-state index contributed by atoms with van der Waals surface area (Å²) in [6.45, 7) is -0.273. The number of carbonyl (C=O) groups is 2. The van der Waals surface area contributed by atoms with Gasteiger partial charge in [0.05, 0.1) is 12.0 Å². The summed E-state index contributed by atoms with van der Waals surface area (Å²) >= 11 is 1.38. The summed E-state index contributed by atoms with van der Waals surface area (Å²) in [5.41, 5.74) is 8.03. The number of pyridine rings is 1. The summed E-state index contributed by atoms with van der Waals surface area (Å²) < 4.78 is 5.23. The van der Waals surface area contributed by atoms with E-state index in [-0.39, 0.29) is 18.8 Å². The van der Waals surface area contributed by atoms with Gasteiger partial charge in [-0.3, -0.25) is 9.59 Å².